The van der Waals surface area contributed by atoms with Crippen LogP contribution < -0.4 is 0 Å². The fraction of sp³-hybridized carbons (Fsp3) is 1.00. The van der Waals surface area contributed by atoms with E-state index < -0.39 is 216 Å². The molecule has 0 aromatic carbocycles. The first kappa shape index (κ1) is 69.6. The molecule has 0 spiro atoms. The third-order valence-corrected chi connectivity index (χ3v) is 22.4. The van der Waals surface area contributed by atoms with E-state index in [9.17, 15) is 102 Å². The maximum Gasteiger partial charge on any atom is 0.187 e. The van der Waals surface area contributed by atoms with E-state index in [0.29, 0.717) is 38.5 Å². The largest absolute Gasteiger partial charge is 0.394 e. The summed E-state index contributed by atoms with van der Waals surface area (Å²) < 4.78 is 65.4. The number of hydrogen-bond acceptors (Lipinski definition) is 31. The van der Waals surface area contributed by atoms with E-state index in [0.717, 1.165) is 6.42 Å². The summed E-state index contributed by atoms with van der Waals surface area (Å²) in [6, 6.07) is 0. The molecule has 0 radical (unpaired) electrons. The summed E-state index contributed by atoms with van der Waals surface area (Å²) in [6.45, 7) is 3.95. The van der Waals surface area contributed by atoms with Crippen molar-refractivity contribution in [3.05, 3.63) is 0 Å². The average Bonchev–Trinajstić information content (AvgIpc) is 1.42. The Kier molecular flexibility index (Phi) is 21.4. The number of aliphatic hydroxyl groups excluding tert-OH is 18. The minimum absolute atomic E-state index is 0.0142. The molecule has 0 bridgehead atoms. The molecule has 88 heavy (non-hydrogen) atoms. The monoisotopic (exact) mass is 1280 g/mol. The molecule has 4 aliphatic carbocycles. The van der Waals surface area contributed by atoms with Gasteiger partial charge in [0.2, 0.25) is 0 Å². The summed E-state index contributed by atoms with van der Waals surface area (Å²) in [6.07, 6.45) is -43.9. The predicted octanol–water partition coefficient (Wildman–Crippen LogP) is -8.05. The SMILES string of the molecule is CC(CCC1(O)OC2CC3C4CCC5(O)CC(OC6OC(CO)C(OC7OC(CO)C(O)C(OC8OC(CO)C(O)C(O)C8O)C7OC7OC(CO)C(O)C(O)C7O)C(O)C6O)C(O)CC5(C)C4CCC3(C)C2C1C)COC1OC(CO)C(O)C(O)C1O. The van der Waals surface area contributed by atoms with Crippen molar-refractivity contribution >= 4 is 0 Å². The maximum absolute atomic E-state index is 12.9. The van der Waals surface area contributed by atoms with Crippen LogP contribution in [0.2, 0.25) is 0 Å². The van der Waals surface area contributed by atoms with Crippen molar-refractivity contribution in [3.63, 3.8) is 0 Å². The van der Waals surface area contributed by atoms with E-state index in [2.05, 4.69) is 6.92 Å². The highest BCUT2D eigenvalue weighted by Crippen LogP contribution is 2.71. The molecule has 6 heterocycles. The van der Waals surface area contributed by atoms with Crippen molar-refractivity contribution in [2.24, 2.45) is 46.3 Å². The highest BCUT2D eigenvalue weighted by molar-refractivity contribution is 5.19. The second-order valence-corrected chi connectivity index (χ2v) is 27.4. The first-order valence-electron chi connectivity index (χ1n) is 31.1. The van der Waals surface area contributed by atoms with E-state index >= 15 is 0 Å². The molecule has 0 amide bonds. The van der Waals surface area contributed by atoms with Crippen LogP contribution in [0, 0.1) is 46.3 Å². The highest BCUT2D eigenvalue weighted by atomic mass is 16.8. The van der Waals surface area contributed by atoms with Gasteiger partial charge in [0.25, 0.3) is 0 Å². The molecule has 0 aromatic rings. The van der Waals surface area contributed by atoms with E-state index in [4.69, 9.17) is 52.1 Å². The van der Waals surface area contributed by atoms with Gasteiger partial charge < -0.3 is 154 Å². The molecule has 31 nitrogen and oxygen atoms in total. The number of rotatable bonds is 19. The first-order chi connectivity index (χ1) is 41.5. The zero-order chi connectivity index (χ0) is 64.0. The Hall–Kier alpha value is -1.24. The molecule has 38 atom stereocenters. The number of hydrogen-bond donors (Lipinski definition) is 20. The summed E-state index contributed by atoms with van der Waals surface area (Å²) in [5, 5.41) is 218. The minimum Gasteiger partial charge on any atom is -0.394 e. The van der Waals surface area contributed by atoms with Gasteiger partial charge in [-0.2, -0.15) is 0 Å². The maximum atomic E-state index is 12.9. The van der Waals surface area contributed by atoms with Crippen LogP contribution in [-0.2, 0) is 52.1 Å². The first-order valence-corrected chi connectivity index (χ1v) is 31.1. The van der Waals surface area contributed by atoms with Gasteiger partial charge in [-0.15, -0.1) is 0 Å². The van der Waals surface area contributed by atoms with E-state index in [1.54, 1.807) is 0 Å². The van der Waals surface area contributed by atoms with Gasteiger partial charge in [-0.05, 0) is 80.0 Å². The summed E-state index contributed by atoms with van der Waals surface area (Å²) >= 11 is 0. The van der Waals surface area contributed by atoms with Crippen molar-refractivity contribution in [2.75, 3.05) is 39.6 Å². The van der Waals surface area contributed by atoms with Crippen molar-refractivity contribution in [3.8, 4) is 0 Å². The molecular weight excluding hydrogens is 1180 g/mol. The number of fused-ring (bicyclic) bond motifs is 7. The van der Waals surface area contributed by atoms with Gasteiger partial charge >= 0.3 is 0 Å². The lowest BCUT2D eigenvalue weighted by molar-refractivity contribution is -0.407. The van der Waals surface area contributed by atoms with Gasteiger partial charge in [0.05, 0.1) is 63.6 Å². The number of ether oxygens (including phenoxy) is 11. The molecule has 4 saturated carbocycles. The van der Waals surface area contributed by atoms with Crippen LogP contribution in [0.3, 0.4) is 0 Å². The molecule has 6 aliphatic heterocycles. The lowest BCUT2D eigenvalue weighted by Gasteiger charge is -2.65. The third kappa shape index (κ3) is 12.3. The summed E-state index contributed by atoms with van der Waals surface area (Å²) in [4.78, 5) is 0. The Balaban J connectivity index is 0.789. The van der Waals surface area contributed by atoms with Crippen molar-refractivity contribution in [1.29, 1.82) is 0 Å². The molecule has 0 aromatic heterocycles. The van der Waals surface area contributed by atoms with E-state index in [1.165, 1.54) is 0 Å². The second-order valence-electron chi connectivity index (χ2n) is 27.4. The molecule has 510 valence electrons. The average molecular weight is 1280 g/mol. The Bertz CT molecular complexity index is 2280. The molecule has 10 fully saturated rings. The standard InChI is InChI=1S/C57H96O31/c1-20(19-78-49-42(72)38(68)34(64)28(14-58)80-49)5-10-57(77)21(2)33-26(88-57)11-24-22-6-9-56(76)13-27(25(63)12-55(56,4)23(22)7-8-54(24,33)3)79-50-45(75)41(71)46(32(18-62)84-50)85-53-48(87-52-44(74)40(70)36(66)30(16-60)82-52)47(37(67)31(17-61)83-53)86-51-43(73)39(69)35(65)29(15-59)81-51/h20-53,58-77H,5-19H2,1-4H3. The van der Waals surface area contributed by atoms with Gasteiger partial charge in [0, 0.05) is 24.2 Å². The van der Waals surface area contributed by atoms with E-state index in [-0.39, 0.29) is 66.5 Å². The van der Waals surface area contributed by atoms with Crippen LogP contribution in [0.25, 0.3) is 0 Å². The van der Waals surface area contributed by atoms with Crippen LogP contribution in [0.15, 0.2) is 0 Å². The molecule has 20 N–H and O–H groups in total. The minimum atomic E-state index is -2.11. The van der Waals surface area contributed by atoms with Crippen molar-refractivity contribution in [1.82, 2.24) is 0 Å². The lowest BCUT2D eigenvalue weighted by Crippen LogP contribution is -2.69. The molecule has 38 unspecified atom stereocenters. The van der Waals surface area contributed by atoms with Gasteiger partial charge in [0.1, 0.15) is 122 Å². The van der Waals surface area contributed by atoms with Crippen LogP contribution in [-0.4, -0.2) is 325 Å². The number of aliphatic hydroxyl groups is 20. The summed E-state index contributed by atoms with van der Waals surface area (Å²) in [5.74, 6) is -1.57. The highest BCUT2D eigenvalue weighted by Gasteiger charge is 2.71. The second kappa shape index (κ2) is 27.1. The summed E-state index contributed by atoms with van der Waals surface area (Å²) in [5.41, 5.74) is -2.46. The van der Waals surface area contributed by atoms with Crippen LogP contribution in [0.5, 0.6) is 0 Å². The lowest BCUT2D eigenvalue weighted by atomic mass is 9.42. The van der Waals surface area contributed by atoms with Crippen LogP contribution in [0.4, 0.5) is 0 Å². The fourth-order valence-electron chi connectivity index (χ4n) is 17.1. The summed E-state index contributed by atoms with van der Waals surface area (Å²) in [7, 11) is 0. The smallest absolute Gasteiger partial charge is 0.187 e. The topological polar surface area (TPSA) is 506 Å². The molecular formula is C57H96O31. The predicted molar refractivity (Wildman–Crippen MR) is 287 cm³/mol. The Morgan fingerprint density at radius 2 is 0.966 bits per heavy atom. The molecule has 31 heteroatoms. The van der Waals surface area contributed by atoms with Crippen LogP contribution in [0.1, 0.15) is 85.5 Å². The Morgan fingerprint density at radius 3 is 1.53 bits per heavy atom. The Labute approximate surface area is 507 Å². The van der Waals surface area contributed by atoms with Gasteiger partial charge in [-0.1, -0.05) is 27.7 Å². The quantitative estimate of drug-likeness (QED) is 0.0534. The Morgan fingerprint density at radius 1 is 0.489 bits per heavy atom. The van der Waals surface area contributed by atoms with Crippen molar-refractivity contribution < 1.29 is 154 Å². The van der Waals surface area contributed by atoms with Crippen LogP contribution >= 0.6 is 0 Å². The van der Waals surface area contributed by atoms with Gasteiger partial charge in [0.15, 0.2) is 37.2 Å². The van der Waals surface area contributed by atoms with Gasteiger partial charge in [-0.25, -0.2) is 0 Å². The fourth-order valence-corrected chi connectivity index (χ4v) is 17.1. The molecule has 10 aliphatic rings. The normalized spacial score (nSPS) is 56.0. The van der Waals surface area contributed by atoms with Gasteiger partial charge in [-0.3, -0.25) is 0 Å². The molecule has 10 rings (SSSR count). The zero-order valence-electron chi connectivity index (χ0n) is 49.7. The molecule has 6 saturated heterocycles. The van der Waals surface area contributed by atoms with Crippen molar-refractivity contribution in [2.45, 2.75) is 269 Å². The zero-order valence-corrected chi connectivity index (χ0v) is 49.7. The third-order valence-electron chi connectivity index (χ3n) is 22.4. The van der Waals surface area contributed by atoms with E-state index in [1.807, 2.05) is 20.8 Å².